The Kier molecular flexibility index (Phi) is 7.02. The first kappa shape index (κ1) is 21.6. The molecule has 0 bridgehead atoms. The average Bonchev–Trinajstić information content (AvgIpc) is 3.46. The maximum Gasteiger partial charge on any atom is 0.250 e. The van der Waals surface area contributed by atoms with Crippen LogP contribution in [0.25, 0.3) is 0 Å². The zero-order valence-electron chi connectivity index (χ0n) is 18.4. The topological polar surface area (TPSA) is 70.5 Å². The van der Waals surface area contributed by atoms with Crippen LogP contribution in [0.1, 0.15) is 50.6 Å². The van der Waals surface area contributed by atoms with Crippen molar-refractivity contribution in [3.8, 4) is 0 Å². The average molecular weight is 424 g/mol. The first-order valence-electron chi connectivity index (χ1n) is 11.5. The Morgan fingerprint density at radius 2 is 2.10 bits per heavy atom. The molecule has 1 fully saturated rings. The minimum Gasteiger partial charge on any atom is -0.356 e. The number of carbonyl (C=O) groups excluding carboxylic acids is 2. The third-order valence-corrected chi connectivity index (χ3v) is 6.59. The number of hydrogen-bond acceptors (Lipinski definition) is 4. The fourth-order valence-corrected chi connectivity index (χ4v) is 4.77. The Morgan fingerprint density at radius 1 is 1.23 bits per heavy atom. The van der Waals surface area contributed by atoms with Crippen LogP contribution in [0, 0.1) is 0 Å². The third kappa shape index (κ3) is 5.15. The lowest BCUT2D eigenvalue weighted by Crippen LogP contribution is -2.40. The zero-order chi connectivity index (χ0) is 21.6. The quantitative estimate of drug-likeness (QED) is 0.663. The summed E-state index contributed by atoms with van der Waals surface area (Å²) in [6.45, 7) is 5.74. The van der Waals surface area contributed by atoms with Gasteiger partial charge in [-0.2, -0.15) is 0 Å². The lowest BCUT2D eigenvalue weighted by molar-refractivity contribution is -0.128. The van der Waals surface area contributed by atoms with Gasteiger partial charge in [-0.15, -0.1) is 0 Å². The summed E-state index contributed by atoms with van der Waals surface area (Å²) in [6, 6.07) is 8.04. The van der Waals surface area contributed by atoms with Crippen LogP contribution in [0.3, 0.4) is 0 Å². The van der Waals surface area contributed by atoms with Crippen molar-refractivity contribution >= 4 is 17.5 Å². The van der Waals surface area contributed by atoms with Gasteiger partial charge in [-0.05, 0) is 50.8 Å². The second-order valence-corrected chi connectivity index (χ2v) is 8.68. The molecule has 7 heteroatoms. The molecular weight excluding hydrogens is 390 g/mol. The summed E-state index contributed by atoms with van der Waals surface area (Å²) < 4.78 is 1.75. The number of imidazole rings is 1. The lowest BCUT2D eigenvalue weighted by atomic mass is 10.0. The van der Waals surface area contributed by atoms with E-state index >= 15 is 0 Å². The van der Waals surface area contributed by atoms with Gasteiger partial charge in [0.1, 0.15) is 6.04 Å². The summed E-state index contributed by atoms with van der Waals surface area (Å²) in [5.74, 6) is -0.147. The number of piperidine rings is 1. The fourth-order valence-electron chi connectivity index (χ4n) is 4.77. The van der Waals surface area contributed by atoms with Crippen LogP contribution in [-0.4, -0.2) is 58.5 Å². The largest absolute Gasteiger partial charge is 0.356 e. The molecule has 0 radical (unpaired) electrons. The maximum absolute atomic E-state index is 13.4. The number of likely N-dealkylation sites (tertiary alicyclic amines) is 1. The number of carbonyl (C=O) groups is 2. The molecule has 2 aromatic rings. The number of aromatic nitrogens is 2. The van der Waals surface area contributed by atoms with E-state index in [9.17, 15) is 9.59 Å². The second-order valence-electron chi connectivity index (χ2n) is 8.68. The summed E-state index contributed by atoms with van der Waals surface area (Å²) in [4.78, 5) is 34.5. The summed E-state index contributed by atoms with van der Waals surface area (Å²) in [6.07, 6.45) is 10.8. The zero-order valence-corrected chi connectivity index (χ0v) is 18.4. The van der Waals surface area contributed by atoms with E-state index in [1.165, 1.54) is 24.8 Å². The molecule has 0 unspecified atom stereocenters. The number of anilines is 1. The summed E-state index contributed by atoms with van der Waals surface area (Å²) in [7, 11) is 0. The molecular formula is C24H33N5O2. The first-order valence-corrected chi connectivity index (χ1v) is 11.5. The van der Waals surface area contributed by atoms with Crippen molar-refractivity contribution in [2.75, 3.05) is 31.1 Å². The SMILES string of the molecule is C[C@@H]1CCCCN1CCCNC(=O)C[C@H](C(=O)N1CCc2ccccc21)n1ccnc1. The van der Waals surface area contributed by atoms with Gasteiger partial charge in [0, 0.05) is 43.8 Å². The highest BCUT2D eigenvalue weighted by Crippen LogP contribution is 2.30. The van der Waals surface area contributed by atoms with Gasteiger partial charge in [0.2, 0.25) is 5.91 Å². The molecule has 2 aliphatic rings. The van der Waals surface area contributed by atoms with E-state index in [2.05, 4.69) is 28.2 Å². The first-order chi connectivity index (χ1) is 15.1. The standard InChI is InChI=1S/C24H33N5O2/c1-19-7-4-5-13-27(19)14-6-11-26-23(30)17-22(28-16-12-25-18-28)24(31)29-15-10-20-8-2-3-9-21(20)29/h2-3,8-9,12,16,18-19,22H,4-7,10-11,13-15,17H2,1H3,(H,26,30)/t19-,22-/m1/s1. The van der Waals surface area contributed by atoms with Crippen molar-refractivity contribution in [1.29, 1.82) is 0 Å². The molecule has 4 rings (SSSR count). The Balaban J connectivity index is 1.33. The molecule has 1 N–H and O–H groups in total. The van der Waals surface area contributed by atoms with E-state index in [0.29, 0.717) is 19.1 Å². The summed E-state index contributed by atoms with van der Waals surface area (Å²) >= 11 is 0. The molecule has 2 amide bonds. The summed E-state index contributed by atoms with van der Waals surface area (Å²) in [5, 5.41) is 3.02. The molecule has 166 valence electrons. The number of nitrogens with zero attached hydrogens (tertiary/aromatic N) is 4. The molecule has 0 saturated carbocycles. The van der Waals surface area contributed by atoms with Crippen molar-refractivity contribution in [3.63, 3.8) is 0 Å². The summed E-state index contributed by atoms with van der Waals surface area (Å²) in [5.41, 5.74) is 2.13. The highest BCUT2D eigenvalue weighted by atomic mass is 16.2. The van der Waals surface area contributed by atoms with E-state index in [1.54, 1.807) is 23.3 Å². The molecule has 2 atom stereocenters. The van der Waals surface area contributed by atoms with E-state index in [-0.39, 0.29) is 18.2 Å². The van der Waals surface area contributed by atoms with Crippen molar-refractivity contribution in [1.82, 2.24) is 19.8 Å². The predicted octanol–water partition coefficient (Wildman–Crippen LogP) is 2.78. The van der Waals surface area contributed by atoms with Crippen molar-refractivity contribution in [2.24, 2.45) is 0 Å². The fraction of sp³-hybridized carbons (Fsp3) is 0.542. The number of benzene rings is 1. The van der Waals surface area contributed by atoms with Gasteiger partial charge in [0.25, 0.3) is 5.91 Å². The number of fused-ring (bicyclic) bond motifs is 1. The highest BCUT2D eigenvalue weighted by Gasteiger charge is 2.32. The minimum absolute atomic E-state index is 0.0553. The minimum atomic E-state index is -0.587. The molecule has 1 aromatic carbocycles. The normalized spacial score (nSPS) is 19.8. The highest BCUT2D eigenvalue weighted by molar-refractivity contribution is 6.00. The van der Waals surface area contributed by atoms with Crippen LogP contribution >= 0.6 is 0 Å². The van der Waals surface area contributed by atoms with E-state index in [1.807, 2.05) is 23.1 Å². The molecule has 1 saturated heterocycles. The van der Waals surface area contributed by atoms with Gasteiger partial charge in [-0.3, -0.25) is 9.59 Å². The molecule has 1 aromatic heterocycles. The van der Waals surface area contributed by atoms with Crippen LogP contribution in [0.2, 0.25) is 0 Å². The maximum atomic E-state index is 13.4. The van der Waals surface area contributed by atoms with Crippen molar-refractivity contribution in [3.05, 3.63) is 48.5 Å². The van der Waals surface area contributed by atoms with Gasteiger partial charge in [-0.1, -0.05) is 24.6 Å². The Bertz CT molecular complexity index is 882. The Hall–Kier alpha value is -2.67. The number of para-hydroxylation sites is 1. The number of nitrogens with one attached hydrogen (secondary N) is 1. The molecule has 0 spiro atoms. The number of rotatable bonds is 8. The Labute approximate surface area is 184 Å². The van der Waals surface area contributed by atoms with Crippen LogP contribution in [0.4, 0.5) is 5.69 Å². The van der Waals surface area contributed by atoms with Crippen LogP contribution in [0.15, 0.2) is 43.0 Å². The molecule has 0 aliphatic carbocycles. The monoisotopic (exact) mass is 423 g/mol. The van der Waals surface area contributed by atoms with Gasteiger partial charge < -0.3 is 19.7 Å². The number of amides is 2. The van der Waals surface area contributed by atoms with Gasteiger partial charge >= 0.3 is 0 Å². The van der Waals surface area contributed by atoms with Gasteiger partial charge in [-0.25, -0.2) is 4.98 Å². The van der Waals surface area contributed by atoms with Crippen molar-refractivity contribution in [2.45, 2.75) is 57.5 Å². The molecule has 3 heterocycles. The Morgan fingerprint density at radius 3 is 2.90 bits per heavy atom. The molecule has 7 nitrogen and oxygen atoms in total. The second kappa shape index (κ2) is 10.1. The van der Waals surface area contributed by atoms with E-state index in [0.717, 1.165) is 31.6 Å². The van der Waals surface area contributed by atoms with Crippen molar-refractivity contribution < 1.29 is 9.59 Å². The molecule has 31 heavy (non-hydrogen) atoms. The van der Waals surface area contributed by atoms with Gasteiger partial charge in [0.15, 0.2) is 0 Å². The van der Waals surface area contributed by atoms with Crippen LogP contribution < -0.4 is 10.2 Å². The van der Waals surface area contributed by atoms with Crippen LogP contribution in [-0.2, 0) is 16.0 Å². The number of hydrogen-bond donors (Lipinski definition) is 1. The smallest absolute Gasteiger partial charge is 0.250 e. The van der Waals surface area contributed by atoms with E-state index in [4.69, 9.17) is 0 Å². The third-order valence-electron chi connectivity index (χ3n) is 6.59. The van der Waals surface area contributed by atoms with E-state index < -0.39 is 6.04 Å². The lowest BCUT2D eigenvalue weighted by Gasteiger charge is -2.33. The van der Waals surface area contributed by atoms with Crippen LogP contribution in [0.5, 0.6) is 0 Å². The predicted molar refractivity (Wildman–Crippen MR) is 121 cm³/mol. The van der Waals surface area contributed by atoms with Gasteiger partial charge in [0.05, 0.1) is 12.7 Å². The molecule has 2 aliphatic heterocycles.